The summed E-state index contributed by atoms with van der Waals surface area (Å²) >= 11 is 0. The van der Waals surface area contributed by atoms with Crippen LogP contribution in [0.3, 0.4) is 0 Å². The van der Waals surface area contributed by atoms with Gasteiger partial charge in [0.1, 0.15) is 5.60 Å². The predicted molar refractivity (Wildman–Crippen MR) is 83.5 cm³/mol. The molecule has 0 unspecified atom stereocenters. The molecule has 1 aromatic carbocycles. The molecule has 22 heavy (non-hydrogen) atoms. The molecule has 3 rings (SSSR count). The van der Waals surface area contributed by atoms with Gasteiger partial charge >= 0.3 is 6.09 Å². The maximum atomic E-state index is 11.9. The summed E-state index contributed by atoms with van der Waals surface area (Å²) in [6.45, 7) is 7.05. The number of benzene rings is 1. The van der Waals surface area contributed by atoms with Gasteiger partial charge in [0.2, 0.25) is 0 Å². The van der Waals surface area contributed by atoms with Crippen LogP contribution < -0.4 is 0 Å². The Hall–Kier alpha value is -2.02. The molecule has 1 aliphatic carbocycles. The highest BCUT2D eigenvalue weighted by molar-refractivity contribution is 5.69. The number of hydrogen-bond donors (Lipinski definition) is 0. The van der Waals surface area contributed by atoms with Crippen molar-refractivity contribution in [1.82, 2.24) is 4.90 Å². The van der Waals surface area contributed by atoms with Gasteiger partial charge in [-0.05, 0) is 44.7 Å². The molecule has 1 amide bonds. The summed E-state index contributed by atoms with van der Waals surface area (Å²) in [5, 5.41) is 9.23. The second kappa shape index (κ2) is 5.01. The quantitative estimate of drug-likeness (QED) is 0.838. The molecule has 0 radical (unpaired) electrons. The fourth-order valence-corrected chi connectivity index (χ4v) is 2.83. The van der Waals surface area contributed by atoms with E-state index in [0.29, 0.717) is 19.0 Å². The molecule has 4 heteroatoms. The topological polar surface area (TPSA) is 53.3 Å². The summed E-state index contributed by atoms with van der Waals surface area (Å²) in [6, 6.07) is 10.8. The van der Waals surface area contributed by atoms with E-state index in [9.17, 15) is 10.1 Å². The Morgan fingerprint density at radius 2 is 1.86 bits per heavy atom. The molecular weight excluding hydrogens is 276 g/mol. The van der Waals surface area contributed by atoms with Crippen molar-refractivity contribution in [3.63, 3.8) is 0 Å². The van der Waals surface area contributed by atoms with Gasteiger partial charge in [0.15, 0.2) is 0 Å². The number of carbonyl (C=O) groups excluding carboxylic acids is 1. The summed E-state index contributed by atoms with van der Waals surface area (Å²) in [4.78, 5) is 13.7. The molecule has 1 aliphatic heterocycles. The Morgan fingerprint density at radius 3 is 2.32 bits per heavy atom. The minimum Gasteiger partial charge on any atom is -0.444 e. The molecule has 0 atom stereocenters. The number of nitrogens with zero attached hydrogens (tertiary/aromatic N) is 2. The van der Waals surface area contributed by atoms with Gasteiger partial charge in [0.05, 0.1) is 11.5 Å². The lowest BCUT2D eigenvalue weighted by Gasteiger charge is -2.40. The summed E-state index contributed by atoms with van der Waals surface area (Å²) in [7, 11) is 0. The zero-order chi connectivity index (χ0) is 16.0. The lowest BCUT2D eigenvalue weighted by atomic mass is 9.89. The van der Waals surface area contributed by atoms with Gasteiger partial charge in [-0.15, -0.1) is 0 Å². The number of nitriles is 1. The lowest BCUT2D eigenvalue weighted by Crippen LogP contribution is -2.50. The zero-order valence-corrected chi connectivity index (χ0v) is 13.4. The molecule has 0 N–H and O–H groups in total. The van der Waals surface area contributed by atoms with Crippen molar-refractivity contribution < 1.29 is 9.53 Å². The normalized spacial score (nSPS) is 20.0. The largest absolute Gasteiger partial charge is 0.444 e. The zero-order valence-electron chi connectivity index (χ0n) is 13.4. The van der Waals surface area contributed by atoms with Crippen LogP contribution in [0, 0.1) is 11.3 Å². The van der Waals surface area contributed by atoms with Crippen LogP contribution in [0.2, 0.25) is 0 Å². The fraction of sp³-hybridized carbons (Fsp3) is 0.556. The van der Waals surface area contributed by atoms with Gasteiger partial charge in [0, 0.05) is 19.0 Å². The van der Waals surface area contributed by atoms with Gasteiger partial charge in [-0.1, -0.05) is 24.3 Å². The number of amides is 1. The monoisotopic (exact) mass is 298 g/mol. The molecule has 4 nitrogen and oxygen atoms in total. The molecule has 1 aromatic rings. The van der Waals surface area contributed by atoms with E-state index in [0.717, 1.165) is 18.4 Å². The van der Waals surface area contributed by atoms with Gasteiger partial charge in [0.25, 0.3) is 0 Å². The average molecular weight is 298 g/mol. The van der Waals surface area contributed by atoms with Crippen LogP contribution in [0.15, 0.2) is 24.3 Å². The van der Waals surface area contributed by atoms with Gasteiger partial charge in [-0.3, -0.25) is 0 Å². The Kier molecular flexibility index (Phi) is 3.40. The molecule has 1 heterocycles. The predicted octanol–water partition coefficient (Wildman–Crippen LogP) is 3.58. The van der Waals surface area contributed by atoms with E-state index < -0.39 is 5.60 Å². The summed E-state index contributed by atoms with van der Waals surface area (Å²) in [5.74, 6) is 0.374. The second-order valence-electron chi connectivity index (χ2n) is 7.40. The molecule has 0 spiro atoms. The van der Waals surface area contributed by atoms with Crippen LogP contribution in [0.25, 0.3) is 0 Å². The Labute approximate surface area is 131 Å². The summed E-state index contributed by atoms with van der Waals surface area (Å²) < 4.78 is 5.36. The van der Waals surface area contributed by atoms with Crippen molar-refractivity contribution in [3.05, 3.63) is 35.4 Å². The standard InChI is InChI=1S/C18H22N2O2/c1-17(2,3)22-16(21)20-10-14(11-20)13-4-6-15(7-5-13)18(12-19)8-9-18/h4-7,14H,8-11H2,1-3H3. The van der Waals surface area contributed by atoms with Gasteiger partial charge < -0.3 is 9.64 Å². The number of ether oxygens (including phenoxy) is 1. The van der Waals surface area contributed by atoms with Crippen LogP contribution >= 0.6 is 0 Å². The maximum Gasteiger partial charge on any atom is 0.410 e. The van der Waals surface area contributed by atoms with E-state index in [1.807, 2.05) is 20.8 Å². The highest BCUT2D eigenvalue weighted by Crippen LogP contribution is 2.47. The van der Waals surface area contributed by atoms with Crippen LogP contribution in [-0.4, -0.2) is 29.7 Å². The smallest absolute Gasteiger partial charge is 0.410 e. The van der Waals surface area contributed by atoms with E-state index in [2.05, 4.69) is 30.3 Å². The van der Waals surface area contributed by atoms with Gasteiger partial charge in [-0.2, -0.15) is 5.26 Å². The van der Waals surface area contributed by atoms with Crippen LogP contribution in [0.4, 0.5) is 4.79 Å². The maximum absolute atomic E-state index is 11.9. The second-order valence-corrected chi connectivity index (χ2v) is 7.40. The molecule has 0 aromatic heterocycles. The van der Waals surface area contributed by atoms with E-state index in [1.54, 1.807) is 4.90 Å². The number of carbonyl (C=O) groups is 1. The van der Waals surface area contributed by atoms with E-state index in [-0.39, 0.29) is 11.5 Å². The minimum absolute atomic E-state index is 0.222. The first-order valence-corrected chi connectivity index (χ1v) is 7.83. The molecule has 0 bridgehead atoms. The molecule has 116 valence electrons. The first-order chi connectivity index (χ1) is 10.3. The van der Waals surface area contributed by atoms with Crippen molar-refractivity contribution in [2.75, 3.05) is 13.1 Å². The Balaban J connectivity index is 1.57. The first kappa shape index (κ1) is 14.9. The third-order valence-corrected chi connectivity index (χ3v) is 4.43. The van der Waals surface area contributed by atoms with E-state index in [1.165, 1.54) is 5.56 Å². The number of likely N-dealkylation sites (tertiary alicyclic amines) is 1. The van der Waals surface area contributed by atoms with E-state index in [4.69, 9.17) is 4.74 Å². The fourth-order valence-electron chi connectivity index (χ4n) is 2.83. The molecule has 2 fully saturated rings. The SMILES string of the molecule is CC(C)(C)OC(=O)N1CC(c2ccc(C3(C#N)CC3)cc2)C1. The third-order valence-electron chi connectivity index (χ3n) is 4.43. The minimum atomic E-state index is -0.445. The third kappa shape index (κ3) is 2.81. The number of hydrogen-bond acceptors (Lipinski definition) is 3. The van der Waals surface area contributed by atoms with Crippen LogP contribution in [-0.2, 0) is 10.2 Å². The van der Waals surface area contributed by atoms with Crippen molar-refractivity contribution in [3.8, 4) is 6.07 Å². The van der Waals surface area contributed by atoms with Gasteiger partial charge in [-0.25, -0.2) is 4.79 Å². The molecule has 2 aliphatic rings. The Bertz CT molecular complexity index is 612. The highest BCUT2D eigenvalue weighted by Gasteiger charge is 2.45. The van der Waals surface area contributed by atoms with Crippen molar-refractivity contribution >= 4 is 6.09 Å². The average Bonchev–Trinajstić information content (AvgIpc) is 3.16. The van der Waals surface area contributed by atoms with E-state index >= 15 is 0 Å². The lowest BCUT2D eigenvalue weighted by molar-refractivity contribution is 0.00819. The van der Waals surface area contributed by atoms with Crippen molar-refractivity contribution in [1.29, 1.82) is 5.26 Å². The highest BCUT2D eigenvalue weighted by atomic mass is 16.6. The first-order valence-electron chi connectivity index (χ1n) is 7.83. The van der Waals surface area contributed by atoms with Crippen molar-refractivity contribution in [2.45, 2.75) is 50.5 Å². The van der Waals surface area contributed by atoms with Crippen LogP contribution in [0.5, 0.6) is 0 Å². The molecular formula is C18H22N2O2. The van der Waals surface area contributed by atoms with Crippen LogP contribution in [0.1, 0.15) is 50.7 Å². The summed E-state index contributed by atoms with van der Waals surface area (Å²) in [6.07, 6.45) is 1.71. The summed E-state index contributed by atoms with van der Waals surface area (Å²) in [5.41, 5.74) is 1.69. The Morgan fingerprint density at radius 1 is 1.27 bits per heavy atom. The molecule has 1 saturated heterocycles. The number of rotatable bonds is 2. The molecule has 1 saturated carbocycles. The van der Waals surface area contributed by atoms with Crippen molar-refractivity contribution in [2.24, 2.45) is 0 Å².